The molecule has 0 spiro atoms. The van der Waals surface area contributed by atoms with Gasteiger partial charge in [0.15, 0.2) is 0 Å². The van der Waals surface area contributed by atoms with Crippen molar-refractivity contribution >= 4 is 17.1 Å². The van der Waals surface area contributed by atoms with Crippen LogP contribution >= 0.6 is 0 Å². The molecule has 3 heteroatoms. The van der Waals surface area contributed by atoms with Crippen LogP contribution in [0.1, 0.15) is 0 Å². The monoisotopic (exact) mass is 228 g/mol. The van der Waals surface area contributed by atoms with E-state index in [0.717, 1.165) is 22.8 Å². The van der Waals surface area contributed by atoms with E-state index in [0.29, 0.717) is 0 Å². The lowest BCUT2D eigenvalue weighted by Crippen LogP contribution is -1.93. The largest absolute Gasteiger partial charge is 0.497 e. The van der Waals surface area contributed by atoms with Crippen LogP contribution in [-0.4, -0.2) is 14.2 Å². The van der Waals surface area contributed by atoms with Crippen molar-refractivity contribution in [3.63, 3.8) is 0 Å². The highest BCUT2D eigenvalue weighted by atomic mass is 16.5. The number of rotatable bonds is 4. The van der Waals surface area contributed by atoms with Crippen molar-refractivity contribution in [2.75, 3.05) is 24.8 Å². The van der Waals surface area contributed by atoms with Crippen LogP contribution in [-0.2, 0) is 0 Å². The minimum absolute atomic E-state index is 0.861. The molecule has 0 saturated heterocycles. The van der Waals surface area contributed by atoms with Crippen molar-refractivity contribution in [2.24, 2.45) is 0 Å². The van der Waals surface area contributed by atoms with Crippen molar-refractivity contribution < 1.29 is 4.74 Å². The predicted octanol–water partition coefficient (Wildman–Crippen LogP) is 3.48. The van der Waals surface area contributed by atoms with E-state index >= 15 is 0 Å². The summed E-state index contributed by atoms with van der Waals surface area (Å²) in [4.78, 5) is 0. The Morgan fingerprint density at radius 1 is 0.882 bits per heavy atom. The summed E-state index contributed by atoms with van der Waals surface area (Å²) in [6, 6.07) is 16.0. The summed E-state index contributed by atoms with van der Waals surface area (Å²) in [7, 11) is 3.57. The van der Waals surface area contributed by atoms with E-state index in [2.05, 4.69) is 16.7 Å². The molecule has 0 aliphatic carbocycles. The van der Waals surface area contributed by atoms with Crippen molar-refractivity contribution in [3.05, 3.63) is 48.5 Å². The predicted molar refractivity (Wildman–Crippen MR) is 72.3 cm³/mol. The molecule has 17 heavy (non-hydrogen) atoms. The molecule has 2 rings (SSSR count). The number of ether oxygens (including phenoxy) is 1. The molecule has 0 saturated carbocycles. The number of hydrogen-bond acceptors (Lipinski definition) is 3. The van der Waals surface area contributed by atoms with E-state index in [1.807, 2.05) is 49.5 Å². The average Bonchev–Trinajstić information content (AvgIpc) is 2.40. The second-order valence-corrected chi connectivity index (χ2v) is 3.68. The quantitative estimate of drug-likeness (QED) is 0.840. The fourth-order valence-corrected chi connectivity index (χ4v) is 1.59. The van der Waals surface area contributed by atoms with E-state index in [9.17, 15) is 0 Å². The van der Waals surface area contributed by atoms with Crippen LogP contribution in [0, 0.1) is 0 Å². The van der Waals surface area contributed by atoms with Crippen LogP contribution in [0.15, 0.2) is 48.5 Å². The maximum absolute atomic E-state index is 5.12. The highest BCUT2D eigenvalue weighted by molar-refractivity contribution is 5.64. The molecule has 0 heterocycles. The van der Waals surface area contributed by atoms with E-state index in [-0.39, 0.29) is 0 Å². The fourth-order valence-electron chi connectivity index (χ4n) is 1.59. The van der Waals surface area contributed by atoms with Crippen molar-refractivity contribution in [1.82, 2.24) is 0 Å². The summed E-state index contributed by atoms with van der Waals surface area (Å²) in [5, 5.41) is 6.45. The summed E-state index contributed by atoms with van der Waals surface area (Å²) in [6.07, 6.45) is 0. The molecule has 0 fully saturated rings. The molecular formula is C14H16N2O. The SMILES string of the molecule is CNc1cccc(Nc2ccc(OC)cc2)c1. The van der Waals surface area contributed by atoms with Gasteiger partial charge in [-0.3, -0.25) is 0 Å². The minimum atomic E-state index is 0.861. The average molecular weight is 228 g/mol. The third-order valence-electron chi connectivity index (χ3n) is 2.53. The minimum Gasteiger partial charge on any atom is -0.497 e. The topological polar surface area (TPSA) is 33.3 Å². The second-order valence-electron chi connectivity index (χ2n) is 3.68. The molecule has 2 N–H and O–H groups in total. The summed E-state index contributed by atoms with van der Waals surface area (Å²) in [5.74, 6) is 0.861. The Balaban J connectivity index is 2.13. The van der Waals surface area contributed by atoms with Gasteiger partial charge in [-0.15, -0.1) is 0 Å². The molecule has 88 valence electrons. The van der Waals surface area contributed by atoms with Gasteiger partial charge in [-0.2, -0.15) is 0 Å². The molecular weight excluding hydrogens is 212 g/mol. The van der Waals surface area contributed by atoms with Crippen molar-refractivity contribution in [2.45, 2.75) is 0 Å². The first-order valence-corrected chi connectivity index (χ1v) is 5.51. The van der Waals surface area contributed by atoms with Gasteiger partial charge in [-0.1, -0.05) is 6.07 Å². The molecule has 2 aromatic carbocycles. The third kappa shape index (κ3) is 2.91. The Kier molecular flexibility index (Phi) is 3.50. The molecule has 0 atom stereocenters. The van der Waals surface area contributed by atoms with Gasteiger partial charge in [-0.05, 0) is 42.5 Å². The lowest BCUT2D eigenvalue weighted by atomic mass is 10.2. The summed E-state index contributed by atoms with van der Waals surface area (Å²) in [5.41, 5.74) is 3.18. The van der Waals surface area contributed by atoms with Crippen molar-refractivity contribution in [3.8, 4) is 5.75 Å². The molecule has 0 bridgehead atoms. The maximum atomic E-state index is 5.12. The van der Waals surface area contributed by atoms with E-state index in [1.165, 1.54) is 0 Å². The van der Waals surface area contributed by atoms with Gasteiger partial charge in [-0.25, -0.2) is 0 Å². The molecule has 3 nitrogen and oxygen atoms in total. The number of methoxy groups -OCH3 is 1. The Morgan fingerprint density at radius 3 is 2.24 bits per heavy atom. The Morgan fingerprint density at radius 2 is 1.59 bits per heavy atom. The zero-order chi connectivity index (χ0) is 12.1. The highest BCUT2D eigenvalue weighted by Crippen LogP contribution is 2.21. The third-order valence-corrected chi connectivity index (χ3v) is 2.53. The van der Waals surface area contributed by atoms with Gasteiger partial charge >= 0.3 is 0 Å². The van der Waals surface area contributed by atoms with Crippen LogP contribution in [0.2, 0.25) is 0 Å². The van der Waals surface area contributed by atoms with Gasteiger partial charge in [0, 0.05) is 24.1 Å². The lowest BCUT2D eigenvalue weighted by molar-refractivity contribution is 0.415. The highest BCUT2D eigenvalue weighted by Gasteiger charge is 1.96. The first kappa shape index (κ1) is 11.3. The van der Waals surface area contributed by atoms with Crippen LogP contribution in [0.25, 0.3) is 0 Å². The summed E-state index contributed by atoms with van der Waals surface area (Å²) < 4.78 is 5.12. The van der Waals surface area contributed by atoms with Crippen LogP contribution in [0.5, 0.6) is 5.75 Å². The molecule has 0 aliphatic heterocycles. The molecule has 0 aromatic heterocycles. The molecule has 2 aromatic rings. The molecule has 0 aliphatic rings. The lowest BCUT2D eigenvalue weighted by Gasteiger charge is -2.08. The van der Waals surface area contributed by atoms with Gasteiger partial charge in [0.2, 0.25) is 0 Å². The molecule has 0 unspecified atom stereocenters. The van der Waals surface area contributed by atoms with E-state index in [4.69, 9.17) is 4.74 Å². The normalized spacial score (nSPS) is 9.76. The van der Waals surface area contributed by atoms with Gasteiger partial charge in [0.05, 0.1) is 7.11 Å². The second kappa shape index (κ2) is 5.25. The number of benzene rings is 2. The summed E-state index contributed by atoms with van der Waals surface area (Å²) in [6.45, 7) is 0. The standard InChI is InChI=1S/C14H16N2O/c1-15-12-4-3-5-13(10-12)16-11-6-8-14(17-2)9-7-11/h3-10,15-16H,1-2H3. The summed E-state index contributed by atoms with van der Waals surface area (Å²) >= 11 is 0. The fraction of sp³-hybridized carbons (Fsp3) is 0.143. The Hall–Kier alpha value is -2.16. The van der Waals surface area contributed by atoms with Crippen LogP contribution < -0.4 is 15.4 Å². The smallest absolute Gasteiger partial charge is 0.119 e. The number of nitrogens with one attached hydrogen (secondary N) is 2. The molecule has 0 radical (unpaired) electrons. The van der Waals surface area contributed by atoms with Crippen molar-refractivity contribution in [1.29, 1.82) is 0 Å². The van der Waals surface area contributed by atoms with Gasteiger partial charge in [0.25, 0.3) is 0 Å². The van der Waals surface area contributed by atoms with E-state index in [1.54, 1.807) is 7.11 Å². The maximum Gasteiger partial charge on any atom is 0.119 e. The number of anilines is 3. The first-order chi connectivity index (χ1) is 8.31. The van der Waals surface area contributed by atoms with Crippen LogP contribution in [0.4, 0.5) is 17.1 Å². The zero-order valence-corrected chi connectivity index (χ0v) is 10.0. The van der Waals surface area contributed by atoms with Crippen LogP contribution in [0.3, 0.4) is 0 Å². The van der Waals surface area contributed by atoms with Gasteiger partial charge < -0.3 is 15.4 Å². The van der Waals surface area contributed by atoms with E-state index < -0.39 is 0 Å². The Labute approximate surface area is 101 Å². The molecule has 0 amide bonds. The number of hydrogen-bond donors (Lipinski definition) is 2. The zero-order valence-electron chi connectivity index (χ0n) is 10.0. The Bertz CT molecular complexity index is 480. The van der Waals surface area contributed by atoms with Gasteiger partial charge in [0.1, 0.15) is 5.75 Å². The first-order valence-electron chi connectivity index (χ1n) is 5.51.